The van der Waals surface area contributed by atoms with E-state index in [-0.39, 0.29) is 6.79 Å². The van der Waals surface area contributed by atoms with Gasteiger partial charge < -0.3 is 23.4 Å². The first-order valence-electron chi connectivity index (χ1n) is 8.97. The predicted octanol–water partition coefficient (Wildman–Crippen LogP) is 4.50. The number of furan rings is 1. The molecule has 2 heterocycles. The van der Waals surface area contributed by atoms with Gasteiger partial charge in [-0.3, -0.25) is 0 Å². The quantitative estimate of drug-likeness (QED) is 0.342. The molecule has 0 bridgehead atoms. The van der Waals surface area contributed by atoms with Gasteiger partial charge in [0.25, 0.3) is 0 Å². The van der Waals surface area contributed by atoms with E-state index in [0.717, 1.165) is 40.5 Å². The third-order valence-electron chi connectivity index (χ3n) is 4.54. The summed E-state index contributed by atoms with van der Waals surface area (Å²) in [5.74, 6) is 2.43. The van der Waals surface area contributed by atoms with Gasteiger partial charge in [0.05, 0.1) is 13.7 Å². The molecular formula is C22H20O6. The van der Waals surface area contributed by atoms with E-state index in [2.05, 4.69) is 12.6 Å². The zero-order valence-corrected chi connectivity index (χ0v) is 15.5. The van der Waals surface area contributed by atoms with Crippen LogP contribution in [0, 0.1) is 0 Å². The molecule has 1 aliphatic rings. The average molecular weight is 380 g/mol. The van der Waals surface area contributed by atoms with Crippen molar-refractivity contribution in [1.29, 1.82) is 0 Å². The molecule has 0 saturated heterocycles. The standard InChI is InChI=1S/C22H20O6/c1-3-21(23)25-8-4-5-14-9-16-12-18(28-22(16)20(10-14)24-2)15-6-7-17-19(11-15)27-13-26-17/h3,6-7,9-12H,1,4-5,8,13H2,2H3. The fourth-order valence-electron chi connectivity index (χ4n) is 3.18. The van der Waals surface area contributed by atoms with Gasteiger partial charge in [-0.2, -0.15) is 0 Å². The Morgan fingerprint density at radius 1 is 1.18 bits per heavy atom. The summed E-state index contributed by atoms with van der Waals surface area (Å²) < 4.78 is 27.4. The predicted molar refractivity (Wildman–Crippen MR) is 104 cm³/mol. The van der Waals surface area contributed by atoms with E-state index in [1.165, 1.54) is 0 Å². The minimum absolute atomic E-state index is 0.234. The first-order chi connectivity index (χ1) is 13.7. The third-order valence-corrected chi connectivity index (χ3v) is 4.54. The molecule has 0 saturated carbocycles. The molecule has 0 aliphatic carbocycles. The molecule has 1 aromatic heterocycles. The van der Waals surface area contributed by atoms with Gasteiger partial charge in [-0.15, -0.1) is 0 Å². The zero-order valence-electron chi connectivity index (χ0n) is 15.5. The number of hydrogen-bond acceptors (Lipinski definition) is 6. The van der Waals surface area contributed by atoms with E-state index in [0.29, 0.717) is 30.1 Å². The Kier molecular flexibility index (Phi) is 4.93. The second kappa shape index (κ2) is 7.68. The van der Waals surface area contributed by atoms with E-state index in [4.69, 9.17) is 23.4 Å². The van der Waals surface area contributed by atoms with Crippen LogP contribution in [0.15, 0.2) is 53.5 Å². The Morgan fingerprint density at radius 3 is 2.86 bits per heavy atom. The Labute approximate surface area is 162 Å². The zero-order chi connectivity index (χ0) is 19.5. The number of esters is 1. The summed E-state index contributed by atoms with van der Waals surface area (Å²) >= 11 is 0. The van der Waals surface area contributed by atoms with E-state index in [1.807, 2.05) is 30.3 Å². The third kappa shape index (κ3) is 3.53. The van der Waals surface area contributed by atoms with Crippen LogP contribution in [0.4, 0.5) is 0 Å². The van der Waals surface area contributed by atoms with Gasteiger partial charge in [-0.1, -0.05) is 6.58 Å². The van der Waals surface area contributed by atoms with Gasteiger partial charge in [-0.25, -0.2) is 4.79 Å². The van der Waals surface area contributed by atoms with E-state index < -0.39 is 5.97 Å². The number of carbonyl (C=O) groups excluding carboxylic acids is 1. The largest absolute Gasteiger partial charge is 0.493 e. The number of ether oxygens (including phenoxy) is 4. The smallest absolute Gasteiger partial charge is 0.330 e. The topological polar surface area (TPSA) is 67.1 Å². The highest BCUT2D eigenvalue weighted by Gasteiger charge is 2.17. The lowest BCUT2D eigenvalue weighted by Crippen LogP contribution is -2.02. The fraction of sp³-hybridized carbons (Fsp3) is 0.227. The Balaban J connectivity index is 1.58. The lowest BCUT2D eigenvalue weighted by Gasteiger charge is -2.06. The van der Waals surface area contributed by atoms with Crippen LogP contribution in [0.3, 0.4) is 0 Å². The molecule has 0 amide bonds. The fourth-order valence-corrected chi connectivity index (χ4v) is 3.18. The van der Waals surface area contributed by atoms with Crippen molar-refractivity contribution >= 4 is 16.9 Å². The number of aryl methyl sites for hydroxylation is 1. The maximum absolute atomic E-state index is 11.1. The highest BCUT2D eigenvalue weighted by molar-refractivity contribution is 5.88. The Morgan fingerprint density at radius 2 is 2.04 bits per heavy atom. The molecule has 2 aromatic carbocycles. The number of methoxy groups -OCH3 is 1. The van der Waals surface area contributed by atoms with Crippen LogP contribution in [0.1, 0.15) is 12.0 Å². The van der Waals surface area contributed by atoms with Crippen LogP contribution in [-0.2, 0) is 16.0 Å². The average Bonchev–Trinajstić information content (AvgIpc) is 3.36. The maximum Gasteiger partial charge on any atom is 0.330 e. The molecule has 0 radical (unpaired) electrons. The first-order valence-corrected chi connectivity index (χ1v) is 8.97. The summed E-state index contributed by atoms with van der Waals surface area (Å²) in [7, 11) is 1.62. The van der Waals surface area contributed by atoms with Crippen molar-refractivity contribution in [1.82, 2.24) is 0 Å². The summed E-state index contributed by atoms with van der Waals surface area (Å²) in [6.45, 7) is 3.97. The number of rotatable bonds is 7. The summed E-state index contributed by atoms with van der Waals surface area (Å²) in [5, 5.41) is 0.949. The molecule has 0 unspecified atom stereocenters. The SMILES string of the molecule is C=CC(=O)OCCCc1cc(OC)c2oc(-c3ccc4c(c3)OCO4)cc2c1. The molecule has 6 heteroatoms. The Hall–Kier alpha value is -3.41. The van der Waals surface area contributed by atoms with Crippen LogP contribution in [0.5, 0.6) is 17.2 Å². The molecule has 144 valence electrons. The molecule has 0 N–H and O–H groups in total. The normalized spacial score (nSPS) is 12.2. The Bertz CT molecular complexity index is 1030. The highest BCUT2D eigenvalue weighted by atomic mass is 16.7. The minimum atomic E-state index is -0.406. The summed E-state index contributed by atoms with van der Waals surface area (Å²) in [6.07, 6.45) is 2.63. The van der Waals surface area contributed by atoms with Crippen LogP contribution in [-0.4, -0.2) is 26.5 Å². The highest BCUT2D eigenvalue weighted by Crippen LogP contribution is 2.39. The number of fused-ring (bicyclic) bond motifs is 2. The van der Waals surface area contributed by atoms with E-state index in [9.17, 15) is 4.79 Å². The van der Waals surface area contributed by atoms with Crippen molar-refractivity contribution in [2.45, 2.75) is 12.8 Å². The van der Waals surface area contributed by atoms with Crippen LogP contribution >= 0.6 is 0 Å². The van der Waals surface area contributed by atoms with Crippen molar-refractivity contribution in [3.05, 3.63) is 54.6 Å². The van der Waals surface area contributed by atoms with Crippen molar-refractivity contribution < 1.29 is 28.2 Å². The number of benzene rings is 2. The van der Waals surface area contributed by atoms with Gasteiger partial charge in [0.15, 0.2) is 22.8 Å². The van der Waals surface area contributed by atoms with Gasteiger partial charge in [-0.05, 0) is 54.8 Å². The van der Waals surface area contributed by atoms with Crippen molar-refractivity contribution in [2.24, 2.45) is 0 Å². The molecule has 1 aliphatic heterocycles. The lowest BCUT2D eigenvalue weighted by molar-refractivity contribution is -0.137. The monoisotopic (exact) mass is 380 g/mol. The maximum atomic E-state index is 11.1. The minimum Gasteiger partial charge on any atom is -0.493 e. The number of hydrogen-bond donors (Lipinski definition) is 0. The van der Waals surface area contributed by atoms with Crippen LogP contribution in [0.2, 0.25) is 0 Å². The van der Waals surface area contributed by atoms with Crippen LogP contribution < -0.4 is 14.2 Å². The molecule has 0 atom stereocenters. The van der Waals surface area contributed by atoms with Gasteiger partial charge in [0, 0.05) is 17.0 Å². The molecular weight excluding hydrogens is 360 g/mol. The molecule has 0 spiro atoms. The summed E-state index contributed by atoms with van der Waals surface area (Å²) in [5.41, 5.74) is 2.68. The van der Waals surface area contributed by atoms with E-state index in [1.54, 1.807) is 7.11 Å². The van der Waals surface area contributed by atoms with Gasteiger partial charge in [0.2, 0.25) is 6.79 Å². The van der Waals surface area contributed by atoms with Crippen LogP contribution in [0.25, 0.3) is 22.3 Å². The molecule has 28 heavy (non-hydrogen) atoms. The molecule has 3 aromatic rings. The first kappa shape index (κ1) is 18.0. The second-order valence-electron chi connectivity index (χ2n) is 6.37. The van der Waals surface area contributed by atoms with Crippen molar-refractivity contribution in [2.75, 3.05) is 20.5 Å². The molecule has 4 rings (SSSR count). The van der Waals surface area contributed by atoms with Crippen molar-refractivity contribution in [3.8, 4) is 28.6 Å². The summed E-state index contributed by atoms with van der Waals surface area (Å²) in [6, 6.07) is 11.7. The van der Waals surface area contributed by atoms with Gasteiger partial charge in [0.1, 0.15) is 5.76 Å². The summed E-state index contributed by atoms with van der Waals surface area (Å²) in [4.78, 5) is 11.1. The second-order valence-corrected chi connectivity index (χ2v) is 6.37. The number of carbonyl (C=O) groups is 1. The lowest BCUT2D eigenvalue weighted by atomic mass is 10.1. The van der Waals surface area contributed by atoms with Gasteiger partial charge >= 0.3 is 5.97 Å². The van der Waals surface area contributed by atoms with Crippen molar-refractivity contribution in [3.63, 3.8) is 0 Å². The molecule has 0 fully saturated rings. The molecule has 6 nitrogen and oxygen atoms in total. The van der Waals surface area contributed by atoms with E-state index >= 15 is 0 Å².